The number of carbonyl (C=O) groups is 1. The highest BCUT2D eigenvalue weighted by Gasteiger charge is 2.45. The van der Waals surface area contributed by atoms with Gasteiger partial charge in [0, 0.05) is 47.0 Å². The number of nitrogens with one attached hydrogen (secondary N) is 1. The van der Waals surface area contributed by atoms with Gasteiger partial charge in [0.2, 0.25) is 5.88 Å². The number of hydrogen-bond acceptors (Lipinski definition) is 6. The molecule has 1 fully saturated rings. The van der Waals surface area contributed by atoms with Crippen LogP contribution in [0.2, 0.25) is 0 Å². The molecule has 2 atom stereocenters. The van der Waals surface area contributed by atoms with Crippen LogP contribution >= 0.6 is 0 Å². The number of rotatable bonds is 8. The average molecular weight is 488 g/mol. The molecule has 2 aromatic carbocycles. The molecule has 36 heavy (non-hydrogen) atoms. The molecule has 4 aromatic rings. The molecule has 5 rings (SSSR count). The van der Waals surface area contributed by atoms with Crippen molar-refractivity contribution in [2.45, 2.75) is 18.9 Å². The number of anilines is 1. The van der Waals surface area contributed by atoms with E-state index in [9.17, 15) is 13.6 Å². The fourth-order valence-electron chi connectivity index (χ4n) is 4.08. The van der Waals surface area contributed by atoms with E-state index in [1.165, 1.54) is 13.2 Å². The fraction of sp³-hybridized carbons (Fsp3) is 0.185. The van der Waals surface area contributed by atoms with E-state index in [1.54, 1.807) is 54.7 Å². The monoisotopic (exact) mass is 488 g/mol. The molecule has 0 bridgehead atoms. The number of halogens is 2. The molecule has 2 heterocycles. The maximum Gasteiger partial charge on any atom is 0.307 e. The molecule has 0 saturated heterocycles. The Labute approximate surface area is 205 Å². The van der Waals surface area contributed by atoms with E-state index in [0.717, 1.165) is 17.3 Å². The summed E-state index contributed by atoms with van der Waals surface area (Å²) in [6.45, 7) is 0.126. The minimum atomic E-state index is -0.810. The number of carboxylic acids is 1. The first kappa shape index (κ1) is 23.3. The zero-order chi connectivity index (χ0) is 25.2. The van der Waals surface area contributed by atoms with Crippen LogP contribution in [0.5, 0.6) is 5.88 Å². The van der Waals surface area contributed by atoms with Crippen molar-refractivity contribution in [2.24, 2.45) is 5.92 Å². The SMILES string of the molecule is COc1ccc(-c2ccc(-c3cc(CNc4ccc([C@H]5C[C@@H]5C(=O)O)nc4)c(F)cc3F)cc2)nn1. The molecule has 2 aromatic heterocycles. The van der Waals surface area contributed by atoms with Gasteiger partial charge in [-0.3, -0.25) is 9.78 Å². The van der Waals surface area contributed by atoms with Gasteiger partial charge in [0.15, 0.2) is 0 Å². The standard InChI is InChI=1S/C27H22F2N4O3/c1-36-26-9-8-24(32-33-26)16-4-2-15(3-5-16)19-10-17(22(28)12-23(19)29)13-30-18-6-7-25(31-14-18)20-11-21(20)27(34)35/h2-10,12,14,20-21,30H,11,13H2,1H3,(H,34,35)/t20-,21-/m0/s1. The Morgan fingerprint density at radius 2 is 1.81 bits per heavy atom. The van der Waals surface area contributed by atoms with Crippen LogP contribution in [-0.4, -0.2) is 33.4 Å². The van der Waals surface area contributed by atoms with Gasteiger partial charge in [0.25, 0.3) is 0 Å². The van der Waals surface area contributed by atoms with Crippen LogP contribution in [0.1, 0.15) is 23.6 Å². The summed E-state index contributed by atoms with van der Waals surface area (Å²) in [6, 6.07) is 16.5. The normalized spacial score (nSPS) is 16.4. The molecule has 9 heteroatoms. The van der Waals surface area contributed by atoms with Crippen molar-refractivity contribution < 1.29 is 23.4 Å². The lowest BCUT2D eigenvalue weighted by molar-refractivity contribution is -0.138. The number of nitrogens with zero attached hydrogens (tertiary/aromatic N) is 3. The summed E-state index contributed by atoms with van der Waals surface area (Å²) in [6.07, 6.45) is 2.18. The molecule has 1 aliphatic rings. The second-order valence-corrected chi connectivity index (χ2v) is 8.57. The Morgan fingerprint density at radius 1 is 1.03 bits per heavy atom. The van der Waals surface area contributed by atoms with Gasteiger partial charge in [-0.15, -0.1) is 10.2 Å². The number of pyridine rings is 1. The smallest absolute Gasteiger partial charge is 0.307 e. The first-order valence-corrected chi connectivity index (χ1v) is 11.3. The van der Waals surface area contributed by atoms with E-state index in [4.69, 9.17) is 9.84 Å². The molecule has 7 nitrogen and oxygen atoms in total. The maximum atomic E-state index is 14.7. The topological polar surface area (TPSA) is 97.2 Å². The van der Waals surface area contributed by atoms with Crippen LogP contribution < -0.4 is 10.1 Å². The predicted molar refractivity (Wildman–Crippen MR) is 129 cm³/mol. The van der Waals surface area contributed by atoms with Gasteiger partial charge >= 0.3 is 5.97 Å². The summed E-state index contributed by atoms with van der Waals surface area (Å²) in [5.41, 5.74) is 4.01. The van der Waals surface area contributed by atoms with Gasteiger partial charge in [0.05, 0.1) is 30.6 Å². The lowest BCUT2D eigenvalue weighted by Crippen LogP contribution is -2.04. The fourth-order valence-corrected chi connectivity index (χ4v) is 4.08. The number of aromatic nitrogens is 3. The highest BCUT2D eigenvalue weighted by Crippen LogP contribution is 2.46. The zero-order valence-electron chi connectivity index (χ0n) is 19.3. The lowest BCUT2D eigenvalue weighted by Gasteiger charge is -2.11. The number of aliphatic carboxylic acids is 1. The third kappa shape index (κ3) is 4.86. The van der Waals surface area contributed by atoms with Crippen molar-refractivity contribution >= 4 is 11.7 Å². The average Bonchev–Trinajstić information content (AvgIpc) is 3.70. The van der Waals surface area contributed by atoms with Crippen LogP contribution in [0.3, 0.4) is 0 Å². The summed E-state index contributed by atoms with van der Waals surface area (Å²) in [5.74, 6) is -2.14. The Morgan fingerprint density at radius 3 is 2.42 bits per heavy atom. The Balaban J connectivity index is 1.29. The maximum absolute atomic E-state index is 14.7. The van der Waals surface area contributed by atoms with Crippen LogP contribution in [0, 0.1) is 17.6 Å². The Kier molecular flexibility index (Phi) is 6.28. The summed E-state index contributed by atoms with van der Waals surface area (Å²) in [7, 11) is 1.51. The molecule has 182 valence electrons. The minimum Gasteiger partial charge on any atom is -0.481 e. The van der Waals surface area contributed by atoms with Crippen molar-refractivity contribution in [3.8, 4) is 28.3 Å². The molecule has 0 amide bonds. The molecule has 2 N–H and O–H groups in total. The lowest BCUT2D eigenvalue weighted by atomic mass is 10.00. The molecule has 0 unspecified atom stereocenters. The molecule has 1 saturated carbocycles. The highest BCUT2D eigenvalue weighted by atomic mass is 19.1. The number of carboxylic acid groups (broad SMARTS) is 1. The highest BCUT2D eigenvalue weighted by molar-refractivity contribution is 5.75. The Hall–Kier alpha value is -4.40. The largest absolute Gasteiger partial charge is 0.481 e. The molecule has 0 spiro atoms. The molecule has 0 aliphatic heterocycles. The molecular weight excluding hydrogens is 466 g/mol. The van der Waals surface area contributed by atoms with Crippen LogP contribution in [0.4, 0.5) is 14.5 Å². The van der Waals surface area contributed by atoms with Gasteiger partial charge < -0.3 is 15.2 Å². The minimum absolute atomic E-state index is 0.0585. The van der Waals surface area contributed by atoms with Gasteiger partial charge in [-0.2, -0.15) is 0 Å². The summed E-state index contributed by atoms with van der Waals surface area (Å²) >= 11 is 0. The van der Waals surface area contributed by atoms with Crippen LogP contribution in [0.25, 0.3) is 22.4 Å². The van der Waals surface area contributed by atoms with Crippen molar-refractivity contribution in [1.82, 2.24) is 15.2 Å². The number of ether oxygens (including phenoxy) is 1. The number of hydrogen-bond donors (Lipinski definition) is 2. The second kappa shape index (κ2) is 9.69. The first-order chi connectivity index (χ1) is 17.4. The Bertz CT molecular complexity index is 1390. The van der Waals surface area contributed by atoms with E-state index >= 15 is 0 Å². The van der Waals surface area contributed by atoms with Crippen molar-refractivity contribution in [2.75, 3.05) is 12.4 Å². The van der Waals surface area contributed by atoms with E-state index in [2.05, 4.69) is 20.5 Å². The molecular formula is C27H22F2N4O3. The van der Waals surface area contributed by atoms with Crippen LogP contribution in [-0.2, 0) is 11.3 Å². The number of benzene rings is 2. The van der Waals surface area contributed by atoms with E-state index in [0.29, 0.717) is 34.8 Å². The molecule has 0 radical (unpaired) electrons. The van der Waals surface area contributed by atoms with Crippen LogP contribution in [0.15, 0.2) is 66.9 Å². The summed E-state index contributed by atoms with van der Waals surface area (Å²) in [5, 5.41) is 20.2. The van der Waals surface area contributed by atoms with Gasteiger partial charge in [0.1, 0.15) is 11.6 Å². The molecule has 1 aliphatic carbocycles. The van der Waals surface area contributed by atoms with Crippen molar-refractivity contribution in [3.05, 3.63) is 89.8 Å². The predicted octanol–water partition coefficient (Wildman–Crippen LogP) is 5.29. The first-order valence-electron chi connectivity index (χ1n) is 11.3. The quantitative estimate of drug-likeness (QED) is 0.348. The third-order valence-electron chi connectivity index (χ3n) is 6.23. The van der Waals surface area contributed by atoms with Gasteiger partial charge in [-0.25, -0.2) is 8.78 Å². The zero-order valence-corrected chi connectivity index (χ0v) is 19.3. The third-order valence-corrected chi connectivity index (χ3v) is 6.23. The van der Waals surface area contributed by atoms with Crippen molar-refractivity contribution in [1.29, 1.82) is 0 Å². The van der Waals surface area contributed by atoms with Gasteiger partial charge in [-0.1, -0.05) is 24.3 Å². The second-order valence-electron chi connectivity index (χ2n) is 8.57. The van der Waals surface area contributed by atoms with E-state index < -0.39 is 17.6 Å². The van der Waals surface area contributed by atoms with Gasteiger partial charge in [-0.05, 0) is 36.2 Å². The van der Waals surface area contributed by atoms with E-state index in [1.807, 2.05) is 0 Å². The van der Waals surface area contributed by atoms with Crippen molar-refractivity contribution in [3.63, 3.8) is 0 Å². The summed E-state index contributed by atoms with van der Waals surface area (Å²) < 4.78 is 34.2. The van der Waals surface area contributed by atoms with E-state index in [-0.39, 0.29) is 23.9 Å². The summed E-state index contributed by atoms with van der Waals surface area (Å²) in [4.78, 5) is 15.4. The number of methoxy groups -OCH3 is 1.